The first-order valence-corrected chi connectivity index (χ1v) is 10.5. The van der Waals surface area contributed by atoms with Crippen molar-refractivity contribution in [3.8, 4) is 5.88 Å². The molecule has 4 heterocycles. The van der Waals surface area contributed by atoms with E-state index in [-0.39, 0.29) is 12.5 Å². The second-order valence-corrected chi connectivity index (χ2v) is 7.84. The highest BCUT2D eigenvalue weighted by Gasteiger charge is 2.21. The van der Waals surface area contributed by atoms with E-state index in [4.69, 9.17) is 9.47 Å². The van der Waals surface area contributed by atoms with Gasteiger partial charge in [0, 0.05) is 38.3 Å². The summed E-state index contributed by atoms with van der Waals surface area (Å²) in [6.45, 7) is 2.83. The number of carbonyl (C=O) groups excluding carboxylic acids is 1. The summed E-state index contributed by atoms with van der Waals surface area (Å²) in [7, 11) is 3.13. The molecule has 31 heavy (non-hydrogen) atoms. The van der Waals surface area contributed by atoms with Crippen molar-refractivity contribution in [3.63, 3.8) is 0 Å². The van der Waals surface area contributed by atoms with Gasteiger partial charge in [0.2, 0.25) is 5.88 Å². The van der Waals surface area contributed by atoms with Crippen molar-refractivity contribution in [2.75, 3.05) is 19.5 Å². The Morgan fingerprint density at radius 2 is 2.00 bits per heavy atom. The third-order valence-corrected chi connectivity index (χ3v) is 5.92. The Morgan fingerprint density at radius 3 is 2.74 bits per heavy atom. The predicted molar refractivity (Wildman–Crippen MR) is 118 cm³/mol. The molecule has 0 saturated heterocycles. The lowest BCUT2D eigenvalue weighted by molar-refractivity contribution is 0.102. The summed E-state index contributed by atoms with van der Waals surface area (Å²) in [4.78, 5) is 27.1. The van der Waals surface area contributed by atoms with Crippen LogP contribution in [0.4, 0.5) is 5.82 Å². The van der Waals surface area contributed by atoms with Crippen molar-refractivity contribution in [1.82, 2.24) is 24.7 Å². The molecule has 0 aliphatic heterocycles. The number of nitrogens with zero attached hydrogens (tertiary/aromatic N) is 5. The Morgan fingerprint density at radius 1 is 1.19 bits per heavy atom. The van der Waals surface area contributed by atoms with Gasteiger partial charge in [0.1, 0.15) is 11.4 Å². The second-order valence-electron chi connectivity index (χ2n) is 6.84. The molecule has 4 rings (SSSR count). The molecular formula is C21H22N6O3S. The van der Waals surface area contributed by atoms with E-state index in [0.717, 1.165) is 17.4 Å². The van der Waals surface area contributed by atoms with Crippen LogP contribution in [0.25, 0.3) is 10.2 Å². The van der Waals surface area contributed by atoms with E-state index in [9.17, 15) is 4.79 Å². The number of hydrogen-bond donors (Lipinski definition) is 1. The van der Waals surface area contributed by atoms with Gasteiger partial charge < -0.3 is 14.8 Å². The minimum absolute atomic E-state index is 0.241. The number of rotatable bonds is 8. The number of aromatic nitrogens is 5. The highest BCUT2D eigenvalue weighted by Crippen LogP contribution is 2.35. The van der Waals surface area contributed by atoms with E-state index in [0.29, 0.717) is 33.8 Å². The molecule has 0 unspecified atom stereocenters. The van der Waals surface area contributed by atoms with Gasteiger partial charge in [0.15, 0.2) is 11.6 Å². The van der Waals surface area contributed by atoms with Crippen LogP contribution in [-0.4, -0.2) is 44.9 Å². The van der Waals surface area contributed by atoms with Crippen LogP contribution in [-0.2, 0) is 24.3 Å². The SMILES string of the molecule is COCc1nc(OC)c2c(C)c(C(=O)Nc3ccn(CCc4ccncc4)n3)sc2n1. The first kappa shape index (κ1) is 20.9. The van der Waals surface area contributed by atoms with Crippen LogP contribution in [0.1, 0.15) is 26.6 Å². The Hall–Kier alpha value is -3.37. The number of thiophene rings is 1. The Balaban J connectivity index is 1.51. The molecule has 10 heteroatoms. The van der Waals surface area contributed by atoms with Gasteiger partial charge in [-0.3, -0.25) is 14.5 Å². The van der Waals surface area contributed by atoms with Crippen molar-refractivity contribution < 1.29 is 14.3 Å². The van der Waals surface area contributed by atoms with Gasteiger partial charge in [-0.1, -0.05) is 0 Å². The lowest BCUT2D eigenvalue weighted by Gasteiger charge is -2.05. The summed E-state index contributed by atoms with van der Waals surface area (Å²) < 4.78 is 12.3. The van der Waals surface area contributed by atoms with Gasteiger partial charge >= 0.3 is 0 Å². The molecule has 0 aromatic carbocycles. The summed E-state index contributed by atoms with van der Waals surface area (Å²) in [6.07, 6.45) is 6.22. The van der Waals surface area contributed by atoms with E-state index in [1.807, 2.05) is 25.3 Å². The summed E-state index contributed by atoms with van der Waals surface area (Å²) in [6, 6.07) is 5.74. The van der Waals surface area contributed by atoms with Gasteiger partial charge in [-0.2, -0.15) is 10.1 Å². The van der Waals surface area contributed by atoms with Crippen LogP contribution in [0.2, 0.25) is 0 Å². The van der Waals surface area contributed by atoms with Crippen LogP contribution < -0.4 is 10.1 Å². The lowest BCUT2D eigenvalue weighted by Crippen LogP contribution is -2.12. The quantitative estimate of drug-likeness (QED) is 0.450. The monoisotopic (exact) mass is 438 g/mol. The van der Waals surface area contributed by atoms with Gasteiger partial charge in [-0.15, -0.1) is 11.3 Å². The molecule has 0 atom stereocenters. The normalized spacial score (nSPS) is 11.1. The molecule has 0 fully saturated rings. The number of carbonyl (C=O) groups is 1. The van der Waals surface area contributed by atoms with Crippen LogP contribution in [0.5, 0.6) is 5.88 Å². The Kier molecular flexibility index (Phi) is 6.19. The molecule has 160 valence electrons. The largest absolute Gasteiger partial charge is 0.480 e. The van der Waals surface area contributed by atoms with Crippen molar-refractivity contribution in [2.24, 2.45) is 0 Å². The molecule has 4 aromatic rings. The van der Waals surface area contributed by atoms with Gasteiger partial charge in [0.05, 0.1) is 17.4 Å². The van der Waals surface area contributed by atoms with E-state index < -0.39 is 0 Å². The van der Waals surface area contributed by atoms with Crippen LogP contribution >= 0.6 is 11.3 Å². The van der Waals surface area contributed by atoms with Crippen molar-refractivity contribution in [3.05, 3.63) is 58.6 Å². The zero-order valence-corrected chi connectivity index (χ0v) is 18.3. The first-order valence-electron chi connectivity index (χ1n) is 9.65. The molecule has 0 saturated carbocycles. The van der Waals surface area contributed by atoms with E-state index >= 15 is 0 Å². The molecule has 4 aromatic heterocycles. The maximum absolute atomic E-state index is 12.9. The van der Waals surface area contributed by atoms with Gasteiger partial charge in [0.25, 0.3) is 5.91 Å². The Labute approximate surface area is 183 Å². The number of pyridine rings is 1. The number of nitrogens with one attached hydrogen (secondary N) is 1. The smallest absolute Gasteiger partial charge is 0.267 e. The zero-order valence-electron chi connectivity index (χ0n) is 17.5. The maximum atomic E-state index is 12.9. The summed E-state index contributed by atoms with van der Waals surface area (Å²) in [5.41, 5.74) is 1.95. The number of amides is 1. The van der Waals surface area contributed by atoms with E-state index in [2.05, 4.69) is 25.4 Å². The number of anilines is 1. The summed E-state index contributed by atoms with van der Waals surface area (Å²) in [5.74, 6) is 1.20. The minimum atomic E-state index is -0.241. The molecule has 0 aliphatic carbocycles. The topological polar surface area (TPSA) is 104 Å². The molecule has 0 aliphatic rings. The maximum Gasteiger partial charge on any atom is 0.267 e. The second kappa shape index (κ2) is 9.19. The molecule has 1 N–H and O–H groups in total. The van der Waals surface area contributed by atoms with Crippen LogP contribution in [0.3, 0.4) is 0 Å². The fourth-order valence-corrected chi connectivity index (χ4v) is 4.31. The standard InChI is InChI=1S/C21H22N6O3S/c1-13-17-20(30-3)24-16(12-29-2)25-21(17)31-18(13)19(28)23-15-7-11-27(26-15)10-6-14-4-8-22-9-5-14/h4-5,7-9,11H,6,10,12H2,1-3H3,(H,23,26,28). The molecule has 1 amide bonds. The number of methoxy groups -OCH3 is 2. The number of fused-ring (bicyclic) bond motifs is 1. The summed E-state index contributed by atoms with van der Waals surface area (Å²) >= 11 is 1.30. The van der Waals surface area contributed by atoms with Crippen LogP contribution in [0, 0.1) is 6.92 Å². The highest BCUT2D eigenvalue weighted by atomic mass is 32.1. The molecule has 9 nitrogen and oxygen atoms in total. The summed E-state index contributed by atoms with van der Waals surface area (Å²) in [5, 5.41) is 8.06. The fraction of sp³-hybridized carbons (Fsp3) is 0.286. The number of hydrogen-bond acceptors (Lipinski definition) is 8. The van der Waals surface area contributed by atoms with E-state index in [1.165, 1.54) is 16.9 Å². The Bertz CT molecular complexity index is 1200. The predicted octanol–water partition coefficient (Wildman–Crippen LogP) is 3.24. The molecular weight excluding hydrogens is 416 g/mol. The van der Waals surface area contributed by atoms with E-state index in [1.54, 1.807) is 37.4 Å². The number of ether oxygens (including phenoxy) is 2. The van der Waals surface area contributed by atoms with Crippen molar-refractivity contribution in [1.29, 1.82) is 0 Å². The minimum Gasteiger partial charge on any atom is -0.480 e. The van der Waals surface area contributed by atoms with Gasteiger partial charge in [-0.25, -0.2) is 4.98 Å². The highest BCUT2D eigenvalue weighted by molar-refractivity contribution is 7.20. The third kappa shape index (κ3) is 4.54. The fourth-order valence-electron chi connectivity index (χ4n) is 3.22. The molecule has 0 spiro atoms. The van der Waals surface area contributed by atoms with Gasteiger partial charge in [-0.05, 0) is 36.6 Å². The average Bonchev–Trinajstić information content (AvgIpc) is 3.36. The zero-order chi connectivity index (χ0) is 21.8. The van der Waals surface area contributed by atoms with Crippen LogP contribution in [0.15, 0.2) is 36.8 Å². The third-order valence-electron chi connectivity index (χ3n) is 4.74. The molecule has 0 bridgehead atoms. The lowest BCUT2D eigenvalue weighted by atomic mass is 10.2. The first-order chi connectivity index (χ1) is 15.1. The van der Waals surface area contributed by atoms with Crippen molar-refractivity contribution >= 4 is 33.3 Å². The average molecular weight is 439 g/mol. The number of aryl methyl sites for hydroxylation is 3. The molecule has 0 radical (unpaired) electrons. The van der Waals surface area contributed by atoms with Crippen molar-refractivity contribution in [2.45, 2.75) is 26.5 Å².